The number of fused-ring (bicyclic) bond motifs is 1. The lowest BCUT2D eigenvalue weighted by molar-refractivity contribution is 0.410. The highest BCUT2D eigenvalue weighted by molar-refractivity contribution is 7.92. The number of hydrogen-bond donors (Lipinski definition) is 5. The molecule has 1 fully saturated rings. The fraction of sp³-hybridized carbons (Fsp3) is 0.176. The molecule has 4 aromatic rings. The Morgan fingerprint density at radius 2 is 1.88 bits per heavy atom. The maximum atomic E-state index is 13.1. The van der Waals surface area contributed by atoms with Gasteiger partial charge in [-0.1, -0.05) is 29.5 Å². The average Bonchev–Trinajstić information content (AvgIpc) is 3.37. The van der Waals surface area contributed by atoms with Gasteiger partial charge in [0.25, 0.3) is 0 Å². The number of aromatic nitrogens is 5. The van der Waals surface area contributed by atoms with Gasteiger partial charge in [-0.3, -0.25) is 0 Å². The SMILES string of the molecule is Nc1nc2c(-c3ccc(S(=O)(=O)NC4CNC4)c(S(N)(=O)=O)c3-c3nn[nH]n3)cccc2s1. The normalized spacial score (nSPS) is 15.1. The number of primary sulfonamides is 1. The number of tetrazole rings is 1. The van der Waals surface area contributed by atoms with Gasteiger partial charge in [-0.05, 0) is 22.9 Å². The molecule has 13 nitrogen and oxygen atoms in total. The van der Waals surface area contributed by atoms with Crippen molar-refractivity contribution in [1.29, 1.82) is 0 Å². The van der Waals surface area contributed by atoms with Crippen LogP contribution in [0.15, 0.2) is 40.1 Å². The van der Waals surface area contributed by atoms with Crippen molar-refractivity contribution >= 4 is 46.7 Å². The summed E-state index contributed by atoms with van der Waals surface area (Å²) in [5.74, 6) is -0.142. The fourth-order valence-corrected chi connectivity index (χ4v) is 7.21. The molecule has 5 rings (SSSR count). The van der Waals surface area contributed by atoms with Crippen molar-refractivity contribution in [3.05, 3.63) is 30.3 Å². The summed E-state index contributed by atoms with van der Waals surface area (Å²) in [7, 11) is -8.83. The van der Waals surface area contributed by atoms with Gasteiger partial charge in [-0.2, -0.15) is 5.21 Å². The molecule has 0 atom stereocenters. The number of rotatable bonds is 6. The van der Waals surface area contributed by atoms with Gasteiger partial charge in [0.1, 0.15) is 9.79 Å². The Bertz CT molecular complexity index is 1580. The molecule has 0 amide bonds. The van der Waals surface area contributed by atoms with Crippen LogP contribution in [0.2, 0.25) is 0 Å². The molecule has 1 aliphatic heterocycles. The Labute approximate surface area is 191 Å². The van der Waals surface area contributed by atoms with E-state index in [-0.39, 0.29) is 17.4 Å². The predicted molar refractivity (Wildman–Crippen MR) is 121 cm³/mol. The number of nitrogens with zero attached hydrogens (tertiary/aromatic N) is 4. The zero-order chi connectivity index (χ0) is 23.4. The first-order valence-corrected chi connectivity index (χ1v) is 13.3. The van der Waals surface area contributed by atoms with E-state index in [1.165, 1.54) is 23.5 Å². The first-order valence-electron chi connectivity index (χ1n) is 9.47. The second-order valence-corrected chi connectivity index (χ2v) is 11.5. The second-order valence-electron chi connectivity index (χ2n) is 7.28. The van der Waals surface area contributed by atoms with Crippen LogP contribution in [-0.2, 0) is 20.0 Å². The highest BCUT2D eigenvalue weighted by Gasteiger charge is 2.34. The van der Waals surface area contributed by atoms with Crippen LogP contribution in [0, 0.1) is 0 Å². The molecular formula is C17H17N9O4S3. The first-order chi connectivity index (χ1) is 15.6. The lowest BCUT2D eigenvalue weighted by Crippen LogP contribution is -2.56. The van der Waals surface area contributed by atoms with Crippen LogP contribution in [0.1, 0.15) is 0 Å². The molecule has 0 saturated carbocycles. The molecule has 7 N–H and O–H groups in total. The molecule has 1 aliphatic rings. The third kappa shape index (κ3) is 3.85. The lowest BCUT2D eigenvalue weighted by atomic mass is 9.98. The van der Waals surface area contributed by atoms with E-state index >= 15 is 0 Å². The van der Waals surface area contributed by atoms with Gasteiger partial charge in [0.05, 0.1) is 15.8 Å². The molecule has 33 heavy (non-hydrogen) atoms. The Morgan fingerprint density at radius 1 is 1.09 bits per heavy atom. The van der Waals surface area contributed by atoms with Gasteiger partial charge in [-0.15, -0.1) is 10.2 Å². The number of nitrogen functional groups attached to an aromatic ring is 1. The van der Waals surface area contributed by atoms with Crippen LogP contribution in [0.5, 0.6) is 0 Å². The molecule has 16 heteroatoms. The maximum Gasteiger partial charge on any atom is 0.242 e. The second kappa shape index (κ2) is 7.79. The minimum atomic E-state index is -4.58. The number of anilines is 1. The number of hydrogen-bond acceptors (Lipinski definition) is 11. The summed E-state index contributed by atoms with van der Waals surface area (Å²) in [5.41, 5.74) is 7.09. The Hall–Kier alpha value is -3.02. The van der Waals surface area contributed by atoms with E-state index in [9.17, 15) is 16.8 Å². The number of nitrogens with two attached hydrogens (primary N) is 2. The zero-order valence-corrected chi connectivity index (χ0v) is 19.1. The van der Waals surface area contributed by atoms with Gasteiger partial charge < -0.3 is 11.1 Å². The molecule has 3 heterocycles. The number of H-pyrrole nitrogens is 1. The number of sulfonamides is 2. The van der Waals surface area contributed by atoms with Crippen LogP contribution in [0.4, 0.5) is 5.13 Å². The molecule has 0 radical (unpaired) electrons. The number of benzene rings is 2. The third-order valence-electron chi connectivity index (χ3n) is 5.09. The topological polar surface area (TPSA) is 212 Å². The van der Waals surface area contributed by atoms with Crippen molar-refractivity contribution in [3.8, 4) is 22.5 Å². The number of thiazole rings is 1. The van der Waals surface area contributed by atoms with Gasteiger partial charge >= 0.3 is 0 Å². The summed E-state index contributed by atoms with van der Waals surface area (Å²) in [6.07, 6.45) is 0. The van der Waals surface area contributed by atoms with E-state index in [1.54, 1.807) is 12.1 Å². The van der Waals surface area contributed by atoms with Crippen molar-refractivity contribution in [2.75, 3.05) is 18.8 Å². The monoisotopic (exact) mass is 507 g/mol. The van der Waals surface area contributed by atoms with Crippen molar-refractivity contribution < 1.29 is 16.8 Å². The van der Waals surface area contributed by atoms with E-state index in [0.717, 1.165) is 4.70 Å². The van der Waals surface area contributed by atoms with E-state index in [1.807, 2.05) is 6.07 Å². The highest BCUT2D eigenvalue weighted by atomic mass is 32.2. The molecule has 0 aliphatic carbocycles. The van der Waals surface area contributed by atoms with Crippen molar-refractivity contribution in [2.24, 2.45) is 5.14 Å². The average molecular weight is 508 g/mol. The lowest BCUT2D eigenvalue weighted by Gasteiger charge is -2.28. The molecule has 2 aromatic carbocycles. The summed E-state index contributed by atoms with van der Waals surface area (Å²) in [4.78, 5) is 3.20. The largest absolute Gasteiger partial charge is 0.375 e. The van der Waals surface area contributed by atoms with E-state index < -0.39 is 29.8 Å². The molecular weight excluding hydrogens is 490 g/mol. The van der Waals surface area contributed by atoms with Gasteiger partial charge in [0.2, 0.25) is 25.9 Å². The van der Waals surface area contributed by atoms with Crippen LogP contribution in [0.3, 0.4) is 0 Å². The van der Waals surface area contributed by atoms with Crippen molar-refractivity contribution in [1.82, 2.24) is 35.6 Å². The molecule has 0 bridgehead atoms. The van der Waals surface area contributed by atoms with E-state index in [2.05, 4.69) is 35.6 Å². The smallest absolute Gasteiger partial charge is 0.242 e. The molecule has 1 saturated heterocycles. The molecule has 172 valence electrons. The quantitative estimate of drug-likeness (QED) is 0.228. The van der Waals surface area contributed by atoms with Crippen LogP contribution < -0.4 is 20.9 Å². The fourth-order valence-electron chi connectivity index (χ4n) is 3.61. The summed E-state index contributed by atoms with van der Waals surface area (Å²) in [5, 5.41) is 22.4. The van der Waals surface area contributed by atoms with E-state index in [4.69, 9.17) is 10.9 Å². The summed E-state index contributed by atoms with van der Waals surface area (Å²) < 4.78 is 55.1. The van der Waals surface area contributed by atoms with Gasteiger partial charge in [0, 0.05) is 24.7 Å². The highest BCUT2D eigenvalue weighted by Crippen LogP contribution is 2.41. The number of para-hydroxylation sites is 1. The van der Waals surface area contributed by atoms with Crippen molar-refractivity contribution in [3.63, 3.8) is 0 Å². The minimum Gasteiger partial charge on any atom is -0.375 e. The first kappa shape index (κ1) is 21.8. The maximum absolute atomic E-state index is 13.1. The standard InChI is InChI=1S/C17H17N9O4S3/c18-17-21-14-10(2-1-3-11(14)31-17)9-4-5-12(33(29,30)24-8-6-20-7-8)15(32(19,27)28)13(9)16-22-25-26-23-16/h1-5,8,20,24H,6-7H2,(H2,18,21)(H2,19,27,28)(H,22,23,25,26). The number of aromatic amines is 1. The van der Waals surface area contributed by atoms with Crippen molar-refractivity contribution in [2.45, 2.75) is 15.8 Å². The Kier molecular flexibility index (Phi) is 5.15. The van der Waals surface area contributed by atoms with Crippen LogP contribution >= 0.6 is 11.3 Å². The Balaban J connectivity index is 1.85. The van der Waals surface area contributed by atoms with Gasteiger partial charge in [0.15, 0.2) is 5.13 Å². The summed E-state index contributed by atoms with van der Waals surface area (Å²) in [6.45, 7) is 0.847. The van der Waals surface area contributed by atoms with Gasteiger partial charge in [-0.25, -0.2) is 31.7 Å². The molecule has 0 spiro atoms. The zero-order valence-electron chi connectivity index (χ0n) is 16.7. The molecule has 0 unspecified atom stereocenters. The molecule has 2 aromatic heterocycles. The van der Waals surface area contributed by atoms with Crippen LogP contribution in [-0.4, -0.2) is 61.6 Å². The summed E-state index contributed by atoms with van der Waals surface area (Å²) in [6, 6.07) is 7.57. The van der Waals surface area contributed by atoms with E-state index in [0.29, 0.717) is 34.9 Å². The van der Waals surface area contributed by atoms with Crippen LogP contribution in [0.25, 0.3) is 32.7 Å². The summed E-state index contributed by atoms with van der Waals surface area (Å²) >= 11 is 1.26. The third-order valence-corrected chi connectivity index (χ3v) is 8.63. The minimum absolute atomic E-state index is 0.111. The Morgan fingerprint density at radius 3 is 2.52 bits per heavy atom. The predicted octanol–water partition coefficient (Wildman–Crippen LogP) is -0.377. The number of nitrogens with one attached hydrogen (secondary N) is 3.